The zero-order valence-corrected chi connectivity index (χ0v) is 16.5. The number of anilines is 2. The number of hydrogen-bond acceptors (Lipinski definition) is 3. The highest BCUT2D eigenvalue weighted by molar-refractivity contribution is 7.92. The van der Waals surface area contributed by atoms with Crippen molar-refractivity contribution in [3.63, 3.8) is 0 Å². The van der Waals surface area contributed by atoms with Crippen LogP contribution in [0.25, 0.3) is 0 Å². The first kappa shape index (κ1) is 19.2. The maximum Gasteiger partial charge on any atom is 0.321 e. The summed E-state index contributed by atoms with van der Waals surface area (Å²) in [5.41, 5.74) is 3.23. The number of carbonyl (C=O) groups excluding carboxylic acids is 1. The zero-order chi connectivity index (χ0) is 19.4. The van der Waals surface area contributed by atoms with Gasteiger partial charge in [0.05, 0.1) is 4.90 Å². The number of nitrogens with one attached hydrogen (secondary N) is 2. The first-order valence-electron chi connectivity index (χ1n) is 9.11. The van der Waals surface area contributed by atoms with Crippen LogP contribution in [-0.4, -0.2) is 32.4 Å². The lowest BCUT2D eigenvalue weighted by molar-refractivity contribution is 0.200. The van der Waals surface area contributed by atoms with E-state index in [0.29, 0.717) is 11.4 Å². The van der Waals surface area contributed by atoms with E-state index in [2.05, 4.69) is 10.0 Å². The summed E-state index contributed by atoms with van der Waals surface area (Å²) in [6.45, 7) is 5.44. The van der Waals surface area contributed by atoms with Crippen molar-refractivity contribution in [1.82, 2.24) is 4.90 Å². The number of aryl methyl sites for hydroxylation is 2. The molecule has 1 saturated heterocycles. The van der Waals surface area contributed by atoms with E-state index in [9.17, 15) is 13.2 Å². The minimum absolute atomic E-state index is 0.140. The average Bonchev–Trinajstić information content (AvgIpc) is 2.66. The number of hydrogen-bond donors (Lipinski definition) is 2. The summed E-state index contributed by atoms with van der Waals surface area (Å²) < 4.78 is 27.7. The predicted molar refractivity (Wildman–Crippen MR) is 108 cm³/mol. The van der Waals surface area contributed by atoms with Crippen molar-refractivity contribution in [2.75, 3.05) is 23.1 Å². The van der Waals surface area contributed by atoms with Gasteiger partial charge in [0.2, 0.25) is 0 Å². The van der Waals surface area contributed by atoms with Gasteiger partial charge < -0.3 is 10.2 Å². The highest BCUT2D eigenvalue weighted by Crippen LogP contribution is 2.21. The molecule has 7 heteroatoms. The van der Waals surface area contributed by atoms with E-state index >= 15 is 0 Å². The van der Waals surface area contributed by atoms with Crippen LogP contribution in [0.4, 0.5) is 16.2 Å². The van der Waals surface area contributed by atoms with Crippen LogP contribution < -0.4 is 10.0 Å². The number of benzene rings is 2. The molecule has 2 aromatic rings. The van der Waals surface area contributed by atoms with Crippen LogP contribution in [0, 0.1) is 13.8 Å². The van der Waals surface area contributed by atoms with Gasteiger partial charge in [-0.05, 0) is 80.6 Å². The Hall–Kier alpha value is -2.54. The number of urea groups is 1. The van der Waals surface area contributed by atoms with Gasteiger partial charge in [0.25, 0.3) is 10.0 Å². The molecule has 0 aromatic heterocycles. The maximum absolute atomic E-state index is 12.6. The van der Waals surface area contributed by atoms with E-state index < -0.39 is 10.0 Å². The Morgan fingerprint density at radius 2 is 1.52 bits per heavy atom. The molecule has 0 saturated carbocycles. The van der Waals surface area contributed by atoms with Crippen molar-refractivity contribution in [1.29, 1.82) is 0 Å². The van der Waals surface area contributed by atoms with Gasteiger partial charge in [0.15, 0.2) is 0 Å². The molecule has 0 spiro atoms. The third kappa shape index (κ3) is 4.80. The molecule has 0 aliphatic carbocycles. The molecule has 1 aliphatic rings. The largest absolute Gasteiger partial charge is 0.325 e. The van der Waals surface area contributed by atoms with Crippen molar-refractivity contribution in [2.24, 2.45) is 0 Å². The molecule has 2 amide bonds. The van der Waals surface area contributed by atoms with Crippen molar-refractivity contribution in [3.8, 4) is 0 Å². The Morgan fingerprint density at radius 3 is 2.15 bits per heavy atom. The summed E-state index contributed by atoms with van der Waals surface area (Å²) in [6, 6.07) is 11.5. The predicted octanol–water partition coefficient (Wildman–Crippen LogP) is 4.12. The Kier molecular flexibility index (Phi) is 5.70. The Labute approximate surface area is 160 Å². The summed E-state index contributed by atoms with van der Waals surface area (Å²) in [5, 5.41) is 2.83. The summed E-state index contributed by atoms with van der Waals surface area (Å²) >= 11 is 0. The fraction of sp³-hybridized carbons (Fsp3) is 0.350. The molecule has 6 nitrogen and oxygen atoms in total. The number of carbonyl (C=O) groups is 1. The molecule has 27 heavy (non-hydrogen) atoms. The summed E-state index contributed by atoms with van der Waals surface area (Å²) in [4.78, 5) is 14.2. The molecule has 3 rings (SSSR count). The lowest BCUT2D eigenvalue weighted by Crippen LogP contribution is -2.38. The van der Waals surface area contributed by atoms with Crippen LogP contribution in [0.15, 0.2) is 47.4 Å². The number of likely N-dealkylation sites (tertiary alicyclic amines) is 1. The Bertz CT molecular complexity index is 918. The van der Waals surface area contributed by atoms with E-state index in [1.807, 2.05) is 19.9 Å². The smallest absolute Gasteiger partial charge is 0.321 e. The molecule has 0 radical (unpaired) electrons. The molecule has 0 bridgehead atoms. The molecule has 1 aliphatic heterocycles. The van der Waals surface area contributed by atoms with Crippen molar-refractivity contribution < 1.29 is 13.2 Å². The lowest BCUT2D eigenvalue weighted by atomic mass is 10.1. The van der Waals surface area contributed by atoms with Gasteiger partial charge in [0.1, 0.15) is 0 Å². The van der Waals surface area contributed by atoms with E-state index in [1.54, 1.807) is 29.2 Å². The Morgan fingerprint density at radius 1 is 0.889 bits per heavy atom. The highest BCUT2D eigenvalue weighted by Gasteiger charge is 2.18. The second kappa shape index (κ2) is 8.00. The van der Waals surface area contributed by atoms with Gasteiger partial charge in [-0.25, -0.2) is 13.2 Å². The second-order valence-corrected chi connectivity index (χ2v) is 8.59. The zero-order valence-electron chi connectivity index (χ0n) is 15.7. The van der Waals surface area contributed by atoms with E-state index in [1.165, 1.54) is 12.1 Å². The van der Waals surface area contributed by atoms with E-state index in [-0.39, 0.29) is 10.9 Å². The van der Waals surface area contributed by atoms with Gasteiger partial charge >= 0.3 is 6.03 Å². The minimum atomic E-state index is -3.68. The highest BCUT2D eigenvalue weighted by atomic mass is 32.2. The quantitative estimate of drug-likeness (QED) is 0.828. The van der Waals surface area contributed by atoms with Crippen LogP contribution in [0.3, 0.4) is 0 Å². The molecule has 144 valence electrons. The average molecular weight is 388 g/mol. The van der Waals surface area contributed by atoms with Crippen LogP contribution in [0.5, 0.6) is 0 Å². The van der Waals surface area contributed by atoms with Crippen LogP contribution in [0.2, 0.25) is 0 Å². The van der Waals surface area contributed by atoms with Crippen molar-refractivity contribution in [2.45, 2.75) is 38.0 Å². The lowest BCUT2D eigenvalue weighted by Gasteiger charge is -2.26. The second-order valence-electron chi connectivity index (χ2n) is 6.91. The number of rotatable bonds is 4. The van der Waals surface area contributed by atoms with Gasteiger partial charge in [-0.1, -0.05) is 6.07 Å². The minimum Gasteiger partial charge on any atom is -0.325 e. The third-order valence-electron chi connectivity index (χ3n) is 4.82. The molecular weight excluding hydrogens is 362 g/mol. The van der Waals surface area contributed by atoms with Gasteiger partial charge in [-0.15, -0.1) is 0 Å². The first-order valence-corrected chi connectivity index (χ1v) is 10.6. The monoisotopic (exact) mass is 387 g/mol. The molecule has 1 fully saturated rings. The SMILES string of the molecule is Cc1ccc(NS(=O)(=O)c2ccc(NC(=O)N3CCCCC3)cc2)cc1C. The standard InChI is InChI=1S/C20H25N3O3S/c1-15-6-7-18(14-16(15)2)22-27(25,26)19-10-8-17(9-11-19)21-20(24)23-12-4-3-5-13-23/h6-11,14,22H,3-5,12-13H2,1-2H3,(H,21,24). The number of nitrogens with zero attached hydrogens (tertiary/aromatic N) is 1. The van der Waals surface area contributed by atoms with E-state index in [4.69, 9.17) is 0 Å². The third-order valence-corrected chi connectivity index (χ3v) is 6.22. The summed E-state index contributed by atoms with van der Waals surface area (Å²) in [7, 11) is -3.68. The molecule has 2 aromatic carbocycles. The van der Waals surface area contributed by atoms with Crippen LogP contribution in [-0.2, 0) is 10.0 Å². The van der Waals surface area contributed by atoms with Crippen molar-refractivity contribution in [3.05, 3.63) is 53.6 Å². The normalized spacial score (nSPS) is 14.7. The number of sulfonamides is 1. The first-order chi connectivity index (χ1) is 12.8. The molecular formula is C20H25N3O3S. The summed E-state index contributed by atoms with van der Waals surface area (Å²) in [5.74, 6) is 0. The van der Waals surface area contributed by atoms with Gasteiger partial charge in [0, 0.05) is 24.5 Å². The van der Waals surface area contributed by atoms with Gasteiger partial charge in [-0.2, -0.15) is 0 Å². The van der Waals surface area contributed by atoms with Crippen LogP contribution in [0.1, 0.15) is 30.4 Å². The fourth-order valence-corrected chi connectivity index (χ4v) is 4.09. The van der Waals surface area contributed by atoms with Crippen LogP contribution >= 0.6 is 0 Å². The van der Waals surface area contributed by atoms with Crippen molar-refractivity contribution >= 4 is 27.4 Å². The topological polar surface area (TPSA) is 78.5 Å². The molecule has 0 unspecified atom stereocenters. The number of amides is 2. The maximum atomic E-state index is 12.6. The molecule has 0 atom stereocenters. The number of piperidine rings is 1. The fourth-order valence-electron chi connectivity index (χ4n) is 3.04. The van der Waals surface area contributed by atoms with E-state index in [0.717, 1.165) is 43.5 Å². The molecule has 2 N–H and O–H groups in total. The molecule has 1 heterocycles. The summed E-state index contributed by atoms with van der Waals surface area (Å²) in [6.07, 6.45) is 3.20. The Balaban J connectivity index is 1.68. The van der Waals surface area contributed by atoms with Gasteiger partial charge in [-0.3, -0.25) is 4.72 Å².